The molecule has 0 spiro atoms. The minimum Gasteiger partial charge on any atom is -0.328 e. The van der Waals surface area contributed by atoms with Crippen LogP contribution in [0, 0.1) is 31.1 Å². The summed E-state index contributed by atoms with van der Waals surface area (Å²) in [5, 5.41) is 0. The van der Waals surface area contributed by atoms with E-state index in [9.17, 15) is 0 Å². The Hall–Kier alpha value is 1.01. The fourth-order valence-electron chi connectivity index (χ4n) is 1.37. The number of nitrogens with zero attached hydrogens (tertiary/aromatic N) is 1. The minimum absolute atomic E-state index is 0. The molecule has 0 N–H and O–H groups in total. The fourth-order valence-corrected chi connectivity index (χ4v) is 1.37. The van der Waals surface area contributed by atoms with Crippen molar-refractivity contribution in [3.8, 4) is 0 Å². The zero-order valence-corrected chi connectivity index (χ0v) is 12.6. The number of likely N-dealkylation sites (tertiary alicyclic amines) is 1. The van der Waals surface area contributed by atoms with E-state index in [0.717, 1.165) is 0 Å². The summed E-state index contributed by atoms with van der Waals surface area (Å²) in [6.07, 6.45) is 4.34. The zero-order valence-electron chi connectivity index (χ0n) is 8.48. The van der Waals surface area contributed by atoms with Gasteiger partial charge in [0, 0.05) is 31.1 Å². The molecule has 0 unspecified atom stereocenters. The fraction of sp³-hybridized carbons (Fsp3) is 1.00. The van der Waals surface area contributed by atoms with Crippen molar-refractivity contribution >= 4 is 0 Å². The normalized spacial score (nSPS) is 20.7. The van der Waals surface area contributed by atoms with Gasteiger partial charge in [-0.25, -0.2) is 0 Å². The Morgan fingerprint density at radius 2 is 1.18 bits per heavy atom. The number of hydrogen-bond donors (Lipinski definition) is 0. The van der Waals surface area contributed by atoms with E-state index in [1.165, 1.54) is 36.8 Å². The van der Waals surface area contributed by atoms with Gasteiger partial charge in [0.1, 0.15) is 0 Å². The third-order valence-electron chi connectivity index (χ3n) is 2.03. The Balaban J connectivity index is 0. The molecule has 11 heavy (non-hydrogen) atoms. The van der Waals surface area contributed by atoms with E-state index in [0.29, 0.717) is 0 Å². The topological polar surface area (TPSA) is 0 Å². The van der Waals surface area contributed by atoms with Crippen molar-refractivity contribution in [3.63, 3.8) is 0 Å². The summed E-state index contributed by atoms with van der Waals surface area (Å²) in [5.74, 6) is 0. The maximum Gasteiger partial charge on any atom is 0.0782 e. The van der Waals surface area contributed by atoms with E-state index in [-0.39, 0.29) is 31.1 Å². The molecule has 1 nitrogen and oxygen atoms in total. The van der Waals surface area contributed by atoms with Crippen molar-refractivity contribution < 1.29 is 35.6 Å². The molecule has 0 saturated carbocycles. The molecule has 0 radical (unpaired) electrons. The Morgan fingerprint density at radius 1 is 0.818 bits per heavy atom. The molecule has 0 amide bonds. The molecule has 0 aromatic heterocycles. The summed E-state index contributed by atoms with van der Waals surface area (Å²) in [6.45, 7) is 6.78. The van der Waals surface area contributed by atoms with Gasteiger partial charge in [-0.15, -0.1) is 0 Å². The van der Waals surface area contributed by atoms with Crippen LogP contribution >= 0.6 is 0 Å². The van der Waals surface area contributed by atoms with E-state index >= 15 is 0 Å². The Bertz CT molecular complexity index is 73.6. The molecular formula is C9H22NU+. The summed E-state index contributed by atoms with van der Waals surface area (Å²) in [6, 6.07) is 0. The average molecular weight is 382 g/mol. The summed E-state index contributed by atoms with van der Waals surface area (Å²) in [5.41, 5.74) is 0. The molecule has 66 valence electrons. The van der Waals surface area contributed by atoms with Crippen LogP contribution in [-0.4, -0.2) is 31.7 Å². The molecule has 0 aromatic rings. The second-order valence-electron chi connectivity index (χ2n) is 3.44. The van der Waals surface area contributed by atoms with E-state index < -0.39 is 0 Å². The predicted octanol–water partition coefficient (Wildman–Crippen LogP) is 2.27. The van der Waals surface area contributed by atoms with Gasteiger partial charge in [-0.05, 0) is 19.3 Å². The van der Waals surface area contributed by atoms with Crippen LogP contribution in [0.1, 0.15) is 33.1 Å². The molecule has 1 rings (SSSR count). The van der Waals surface area contributed by atoms with Gasteiger partial charge in [-0.3, -0.25) is 0 Å². The second-order valence-corrected chi connectivity index (χ2v) is 3.44. The first kappa shape index (κ1) is 14.5. The molecule has 0 bridgehead atoms. The first-order valence-electron chi connectivity index (χ1n) is 4.53. The molecule has 0 atom stereocenters. The summed E-state index contributed by atoms with van der Waals surface area (Å²) in [4.78, 5) is 0. The average Bonchev–Trinajstić information content (AvgIpc) is 1.92. The maximum atomic E-state index is 2.32. The number of quaternary nitrogens is 1. The van der Waals surface area contributed by atoms with E-state index in [4.69, 9.17) is 0 Å². The first-order valence-corrected chi connectivity index (χ1v) is 4.53. The van der Waals surface area contributed by atoms with Crippen molar-refractivity contribution in [2.45, 2.75) is 33.1 Å². The van der Waals surface area contributed by atoms with Crippen LogP contribution in [0.4, 0.5) is 0 Å². The smallest absolute Gasteiger partial charge is 0.0782 e. The Labute approximate surface area is 95.5 Å². The molecule has 1 aliphatic heterocycles. The van der Waals surface area contributed by atoms with Gasteiger partial charge in [0.25, 0.3) is 0 Å². The molecule has 2 heteroatoms. The second kappa shape index (κ2) is 7.65. The van der Waals surface area contributed by atoms with Crippen LogP contribution in [0.15, 0.2) is 0 Å². The maximum absolute atomic E-state index is 2.32. The SMILES string of the molecule is CC.C[N+]1(C)CCCCC1.[U]. The third-order valence-corrected chi connectivity index (χ3v) is 2.03. The van der Waals surface area contributed by atoms with Crippen molar-refractivity contribution in [1.29, 1.82) is 0 Å². The molecule has 1 fully saturated rings. The number of hydrogen-bond acceptors (Lipinski definition) is 0. The standard InChI is InChI=1S/C7H16N.C2H6.U/c1-8(2)6-4-3-5-7-8;1-2;/h3-7H2,1-2H3;1-2H3;/q+1;;. The largest absolute Gasteiger partial charge is 0.328 e. The summed E-state index contributed by atoms with van der Waals surface area (Å²) >= 11 is 0. The molecule has 1 saturated heterocycles. The first-order chi connectivity index (χ1) is 4.71. The van der Waals surface area contributed by atoms with E-state index in [2.05, 4.69) is 14.1 Å². The number of rotatable bonds is 0. The predicted molar refractivity (Wildman–Crippen MR) is 47.0 cm³/mol. The van der Waals surface area contributed by atoms with Gasteiger partial charge < -0.3 is 4.48 Å². The van der Waals surface area contributed by atoms with Gasteiger partial charge in [0.15, 0.2) is 0 Å². The molecule has 0 aromatic carbocycles. The van der Waals surface area contributed by atoms with Gasteiger partial charge in [0.05, 0.1) is 27.2 Å². The summed E-state index contributed by atoms with van der Waals surface area (Å²) in [7, 11) is 4.64. The Kier molecular flexibility index (Phi) is 10.1. The molecule has 0 aliphatic carbocycles. The quantitative estimate of drug-likeness (QED) is 0.564. The van der Waals surface area contributed by atoms with E-state index in [1.54, 1.807) is 0 Å². The Morgan fingerprint density at radius 3 is 1.36 bits per heavy atom. The van der Waals surface area contributed by atoms with Gasteiger partial charge in [-0.1, -0.05) is 13.8 Å². The van der Waals surface area contributed by atoms with Gasteiger partial charge in [-0.2, -0.15) is 0 Å². The van der Waals surface area contributed by atoms with Crippen LogP contribution in [0.3, 0.4) is 0 Å². The van der Waals surface area contributed by atoms with Crippen LogP contribution in [0.5, 0.6) is 0 Å². The van der Waals surface area contributed by atoms with Crippen LogP contribution in [0.25, 0.3) is 0 Å². The van der Waals surface area contributed by atoms with Gasteiger partial charge >= 0.3 is 0 Å². The summed E-state index contributed by atoms with van der Waals surface area (Å²) < 4.78 is 1.25. The number of piperidine rings is 1. The van der Waals surface area contributed by atoms with Gasteiger partial charge in [0.2, 0.25) is 0 Å². The van der Waals surface area contributed by atoms with Crippen molar-refractivity contribution in [1.82, 2.24) is 0 Å². The zero-order chi connectivity index (χ0) is 8.04. The van der Waals surface area contributed by atoms with Crippen LogP contribution < -0.4 is 0 Å². The molecule has 1 aliphatic rings. The van der Waals surface area contributed by atoms with Crippen LogP contribution in [-0.2, 0) is 0 Å². The van der Waals surface area contributed by atoms with Crippen molar-refractivity contribution in [3.05, 3.63) is 0 Å². The van der Waals surface area contributed by atoms with E-state index in [1.807, 2.05) is 13.8 Å². The van der Waals surface area contributed by atoms with Crippen molar-refractivity contribution in [2.24, 2.45) is 0 Å². The van der Waals surface area contributed by atoms with Crippen molar-refractivity contribution in [2.75, 3.05) is 27.2 Å². The molecular weight excluding hydrogens is 360 g/mol. The third kappa shape index (κ3) is 7.38. The van der Waals surface area contributed by atoms with Crippen LogP contribution in [0.2, 0.25) is 0 Å². The monoisotopic (exact) mass is 382 g/mol. The minimum atomic E-state index is 0. The molecule has 1 heterocycles.